The van der Waals surface area contributed by atoms with E-state index in [4.69, 9.17) is 14.2 Å². The van der Waals surface area contributed by atoms with E-state index in [1.807, 2.05) is 0 Å². The van der Waals surface area contributed by atoms with Gasteiger partial charge in [-0.15, -0.1) is 0 Å². The van der Waals surface area contributed by atoms with Crippen molar-refractivity contribution in [3.05, 3.63) is 51.3 Å². The zero-order chi connectivity index (χ0) is 17.8. The molecule has 0 amide bonds. The van der Waals surface area contributed by atoms with E-state index in [0.29, 0.717) is 39.6 Å². The second-order valence-corrected chi connectivity index (χ2v) is 4.40. The summed E-state index contributed by atoms with van der Waals surface area (Å²) in [5.74, 6) is 0. The molecule has 0 aliphatic heterocycles. The molecule has 1 rings (SSSR count). The van der Waals surface area contributed by atoms with Crippen molar-refractivity contribution in [2.45, 2.75) is 0 Å². The number of hydrogen-bond donors (Lipinski definition) is 1. The van der Waals surface area contributed by atoms with Crippen molar-refractivity contribution < 1.29 is 24.1 Å². The molecular weight excluding hydrogens is 322 g/mol. The van der Waals surface area contributed by atoms with E-state index >= 15 is 0 Å². The Bertz CT molecular complexity index is 565. The maximum Gasteiger partial charge on any atom is 0.299 e. The van der Waals surface area contributed by atoms with Crippen molar-refractivity contribution in [2.75, 3.05) is 44.9 Å². The maximum absolute atomic E-state index is 11.0. The lowest BCUT2D eigenvalue weighted by atomic mass is 10.2. The van der Waals surface area contributed by atoms with E-state index in [1.165, 1.54) is 18.4 Å². The van der Waals surface area contributed by atoms with Gasteiger partial charge in [0, 0.05) is 12.6 Å². The Balaban J connectivity index is 2.28. The van der Waals surface area contributed by atoms with Crippen molar-refractivity contribution in [1.82, 2.24) is 0 Å². The number of nitro benzene ring substituents is 2. The van der Waals surface area contributed by atoms with Gasteiger partial charge < -0.3 is 19.5 Å². The van der Waals surface area contributed by atoms with Gasteiger partial charge in [-0.2, -0.15) is 0 Å². The molecule has 0 fully saturated rings. The lowest BCUT2D eigenvalue weighted by Crippen LogP contribution is -2.14. The Morgan fingerprint density at radius 2 is 1.71 bits per heavy atom. The van der Waals surface area contributed by atoms with Crippen molar-refractivity contribution in [3.63, 3.8) is 0 Å². The number of anilines is 1. The van der Waals surface area contributed by atoms with Gasteiger partial charge in [0.15, 0.2) is 0 Å². The number of benzene rings is 1. The predicted molar refractivity (Wildman–Crippen MR) is 86.0 cm³/mol. The zero-order valence-electron chi connectivity index (χ0n) is 13.0. The van der Waals surface area contributed by atoms with Gasteiger partial charge in [0.1, 0.15) is 12.3 Å². The molecule has 0 heterocycles. The number of ether oxygens (including phenoxy) is 3. The number of non-ortho nitro benzene ring substituents is 1. The van der Waals surface area contributed by atoms with Crippen LogP contribution >= 0.6 is 0 Å². The lowest BCUT2D eigenvalue weighted by molar-refractivity contribution is -0.393. The third kappa shape index (κ3) is 7.03. The van der Waals surface area contributed by atoms with Gasteiger partial charge in [0.25, 0.3) is 11.4 Å². The minimum atomic E-state index is -0.681. The summed E-state index contributed by atoms with van der Waals surface area (Å²) >= 11 is 0. The summed E-state index contributed by atoms with van der Waals surface area (Å²) in [7, 11) is 0. The monoisotopic (exact) mass is 341 g/mol. The first-order valence-corrected chi connectivity index (χ1v) is 7.11. The summed E-state index contributed by atoms with van der Waals surface area (Å²) in [6.07, 6.45) is 1.34. The van der Waals surface area contributed by atoms with E-state index in [9.17, 15) is 20.2 Å². The van der Waals surface area contributed by atoms with Crippen LogP contribution in [0.4, 0.5) is 17.1 Å². The second kappa shape index (κ2) is 10.9. The molecule has 0 aliphatic carbocycles. The first-order valence-electron chi connectivity index (χ1n) is 7.11. The van der Waals surface area contributed by atoms with Crippen LogP contribution in [0.25, 0.3) is 0 Å². The summed E-state index contributed by atoms with van der Waals surface area (Å²) in [6, 6.07) is 3.43. The van der Waals surface area contributed by atoms with E-state index < -0.39 is 9.85 Å². The first kappa shape index (κ1) is 19.3. The Morgan fingerprint density at radius 1 is 1.04 bits per heavy atom. The first-order chi connectivity index (χ1) is 11.6. The summed E-state index contributed by atoms with van der Waals surface area (Å²) in [4.78, 5) is 20.3. The zero-order valence-corrected chi connectivity index (χ0v) is 13.0. The van der Waals surface area contributed by atoms with Crippen molar-refractivity contribution >= 4 is 17.1 Å². The summed E-state index contributed by atoms with van der Waals surface area (Å²) < 4.78 is 15.4. The topological polar surface area (TPSA) is 126 Å². The molecule has 0 saturated heterocycles. The minimum Gasteiger partial charge on any atom is -0.499 e. The molecule has 0 unspecified atom stereocenters. The largest absolute Gasteiger partial charge is 0.499 e. The maximum atomic E-state index is 11.0. The summed E-state index contributed by atoms with van der Waals surface area (Å²) in [5.41, 5.74) is -0.483. The van der Waals surface area contributed by atoms with Crippen LogP contribution in [0.15, 0.2) is 31.0 Å². The highest BCUT2D eigenvalue weighted by Gasteiger charge is 2.18. The Kier molecular flexibility index (Phi) is 8.79. The number of nitrogens with zero attached hydrogens (tertiary/aromatic N) is 2. The average molecular weight is 341 g/mol. The Hall–Kier alpha value is -2.72. The predicted octanol–water partition coefficient (Wildman–Crippen LogP) is 2.11. The van der Waals surface area contributed by atoms with Crippen LogP contribution < -0.4 is 5.32 Å². The third-order valence-electron chi connectivity index (χ3n) is 2.79. The van der Waals surface area contributed by atoms with E-state index in [0.717, 1.165) is 6.07 Å². The molecule has 10 nitrogen and oxygen atoms in total. The molecule has 0 atom stereocenters. The molecule has 132 valence electrons. The van der Waals surface area contributed by atoms with Gasteiger partial charge in [-0.1, -0.05) is 6.58 Å². The molecule has 0 aliphatic rings. The van der Waals surface area contributed by atoms with E-state index in [1.54, 1.807) is 0 Å². The summed E-state index contributed by atoms with van der Waals surface area (Å²) in [5, 5.41) is 24.4. The van der Waals surface area contributed by atoms with Crippen LogP contribution in [0, 0.1) is 20.2 Å². The van der Waals surface area contributed by atoms with Gasteiger partial charge in [-0.05, 0) is 6.07 Å². The molecule has 0 aromatic heterocycles. The number of hydrogen-bond acceptors (Lipinski definition) is 8. The van der Waals surface area contributed by atoms with Gasteiger partial charge in [-0.3, -0.25) is 20.2 Å². The fraction of sp³-hybridized carbons (Fsp3) is 0.429. The molecule has 1 aromatic carbocycles. The smallest absolute Gasteiger partial charge is 0.299 e. The molecule has 0 bridgehead atoms. The molecule has 10 heteroatoms. The number of nitrogens with one attached hydrogen (secondary N) is 1. The highest BCUT2D eigenvalue weighted by Crippen LogP contribution is 2.28. The van der Waals surface area contributed by atoms with Crippen LogP contribution in [0.5, 0.6) is 0 Å². The normalized spacial score (nSPS) is 10.2. The molecule has 24 heavy (non-hydrogen) atoms. The van der Waals surface area contributed by atoms with Crippen LogP contribution in [0.2, 0.25) is 0 Å². The van der Waals surface area contributed by atoms with Crippen molar-refractivity contribution in [1.29, 1.82) is 0 Å². The van der Waals surface area contributed by atoms with Crippen molar-refractivity contribution in [3.8, 4) is 0 Å². The highest BCUT2D eigenvalue weighted by atomic mass is 16.6. The molecule has 1 aromatic rings. The Labute approximate surface area is 138 Å². The van der Waals surface area contributed by atoms with E-state index in [-0.39, 0.29) is 17.1 Å². The number of nitro groups is 2. The quantitative estimate of drug-likeness (QED) is 0.250. The molecule has 0 radical (unpaired) electrons. The van der Waals surface area contributed by atoms with Gasteiger partial charge in [-0.25, -0.2) is 0 Å². The SMILES string of the molecule is C=COCCOCCOCCNc1ccc([N+](=O)[O-])cc1[N+](=O)[O-]. The van der Waals surface area contributed by atoms with Crippen molar-refractivity contribution in [2.24, 2.45) is 0 Å². The van der Waals surface area contributed by atoms with Crippen LogP contribution in [-0.4, -0.2) is 49.4 Å². The third-order valence-corrected chi connectivity index (χ3v) is 2.79. The van der Waals surface area contributed by atoms with Gasteiger partial charge >= 0.3 is 0 Å². The average Bonchev–Trinajstić information content (AvgIpc) is 2.56. The standard InChI is InChI=1S/C14H19N3O7/c1-2-22-7-8-24-10-9-23-6-5-15-13-4-3-12(16(18)19)11-14(13)17(20)21/h2-4,11,15H,1,5-10H2. The molecule has 0 spiro atoms. The van der Waals surface area contributed by atoms with Crippen LogP contribution in [-0.2, 0) is 14.2 Å². The lowest BCUT2D eigenvalue weighted by Gasteiger charge is -2.08. The van der Waals surface area contributed by atoms with Gasteiger partial charge in [0.2, 0.25) is 0 Å². The Morgan fingerprint density at radius 3 is 2.33 bits per heavy atom. The fourth-order valence-corrected chi connectivity index (χ4v) is 1.70. The number of rotatable bonds is 13. The fourth-order valence-electron chi connectivity index (χ4n) is 1.70. The minimum absolute atomic E-state index is 0.201. The molecular formula is C14H19N3O7. The second-order valence-electron chi connectivity index (χ2n) is 4.40. The van der Waals surface area contributed by atoms with Gasteiger partial charge in [0.05, 0.1) is 48.6 Å². The molecule has 1 N–H and O–H groups in total. The van der Waals surface area contributed by atoms with Crippen LogP contribution in [0.3, 0.4) is 0 Å². The highest BCUT2D eigenvalue weighted by molar-refractivity contribution is 5.65. The van der Waals surface area contributed by atoms with E-state index in [2.05, 4.69) is 11.9 Å². The van der Waals surface area contributed by atoms with Crippen LogP contribution in [0.1, 0.15) is 0 Å². The summed E-state index contributed by atoms with van der Waals surface area (Å²) in [6.45, 7) is 5.66. The molecule has 0 saturated carbocycles.